The SMILES string of the molecule is C=C(CC(=O)CCCCC)C(C)=O. The fourth-order valence-electron chi connectivity index (χ4n) is 1.02. The fourth-order valence-corrected chi connectivity index (χ4v) is 1.02. The second kappa shape index (κ2) is 6.58. The third-order valence-electron chi connectivity index (χ3n) is 1.97. The van der Waals surface area contributed by atoms with Crippen LogP contribution in [0.3, 0.4) is 0 Å². The number of Topliss-reactive ketones (excluding diaryl/α,β-unsaturated/α-hetero) is 2. The van der Waals surface area contributed by atoms with Crippen molar-refractivity contribution in [2.75, 3.05) is 0 Å². The van der Waals surface area contributed by atoms with Crippen LogP contribution in [0.4, 0.5) is 0 Å². The average molecular weight is 182 g/mol. The lowest BCUT2D eigenvalue weighted by Crippen LogP contribution is -2.04. The molecule has 13 heavy (non-hydrogen) atoms. The van der Waals surface area contributed by atoms with Crippen LogP contribution in [0.15, 0.2) is 12.2 Å². The molecule has 2 nitrogen and oxygen atoms in total. The Bertz CT molecular complexity index is 204. The van der Waals surface area contributed by atoms with Crippen LogP contribution in [0.25, 0.3) is 0 Å². The van der Waals surface area contributed by atoms with Crippen LogP contribution in [0.2, 0.25) is 0 Å². The van der Waals surface area contributed by atoms with E-state index in [1.165, 1.54) is 6.92 Å². The highest BCUT2D eigenvalue weighted by Gasteiger charge is 2.07. The minimum absolute atomic E-state index is 0.0798. The van der Waals surface area contributed by atoms with E-state index >= 15 is 0 Å². The standard InChI is InChI=1S/C11H18O2/c1-4-5-6-7-11(13)8-9(2)10(3)12/h2,4-8H2,1,3H3. The van der Waals surface area contributed by atoms with Gasteiger partial charge in [0.1, 0.15) is 5.78 Å². The highest BCUT2D eigenvalue weighted by Crippen LogP contribution is 2.06. The van der Waals surface area contributed by atoms with Gasteiger partial charge < -0.3 is 0 Å². The van der Waals surface area contributed by atoms with E-state index in [0.717, 1.165) is 19.3 Å². The molecular formula is C11H18O2. The van der Waals surface area contributed by atoms with Crippen LogP contribution >= 0.6 is 0 Å². The molecule has 0 rings (SSSR count). The van der Waals surface area contributed by atoms with E-state index in [9.17, 15) is 9.59 Å². The zero-order valence-electron chi connectivity index (χ0n) is 8.56. The van der Waals surface area contributed by atoms with E-state index in [-0.39, 0.29) is 18.0 Å². The molecule has 0 bridgehead atoms. The van der Waals surface area contributed by atoms with Crippen LogP contribution in [-0.2, 0) is 9.59 Å². The first-order valence-corrected chi connectivity index (χ1v) is 4.78. The van der Waals surface area contributed by atoms with Crippen molar-refractivity contribution in [3.05, 3.63) is 12.2 Å². The number of ketones is 2. The van der Waals surface area contributed by atoms with Gasteiger partial charge in [0.25, 0.3) is 0 Å². The maximum Gasteiger partial charge on any atom is 0.155 e. The van der Waals surface area contributed by atoms with Gasteiger partial charge in [-0.3, -0.25) is 9.59 Å². The van der Waals surface area contributed by atoms with E-state index in [1.807, 2.05) is 0 Å². The van der Waals surface area contributed by atoms with Gasteiger partial charge in [0.15, 0.2) is 5.78 Å². The Balaban J connectivity index is 3.62. The topological polar surface area (TPSA) is 34.1 Å². The van der Waals surface area contributed by atoms with E-state index in [2.05, 4.69) is 13.5 Å². The predicted molar refractivity (Wildman–Crippen MR) is 53.6 cm³/mol. The van der Waals surface area contributed by atoms with Crippen LogP contribution in [0.1, 0.15) is 46.0 Å². The second-order valence-corrected chi connectivity index (χ2v) is 3.33. The molecule has 0 spiro atoms. The number of allylic oxidation sites excluding steroid dienone is 1. The number of hydrogen-bond acceptors (Lipinski definition) is 2. The quantitative estimate of drug-likeness (QED) is 0.448. The lowest BCUT2D eigenvalue weighted by molar-refractivity contribution is -0.120. The molecule has 0 aliphatic carbocycles. The van der Waals surface area contributed by atoms with E-state index < -0.39 is 0 Å². The summed E-state index contributed by atoms with van der Waals surface area (Å²) in [5, 5.41) is 0. The summed E-state index contributed by atoms with van der Waals surface area (Å²) in [5.41, 5.74) is 0.432. The first kappa shape index (κ1) is 12.1. The van der Waals surface area contributed by atoms with Crippen molar-refractivity contribution in [3.8, 4) is 0 Å². The lowest BCUT2D eigenvalue weighted by Gasteiger charge is -2.00. The molecule has 0 atom stereocenters. The van der Waals surface area contributed by atoms with Gasteiger partial charge in [0.2, 0.25) is 0 Å². The van der Waals surface area contributed by atoms with Crippen molar-refractivity contribution >= 4 is 11.6 Å². The van der Waals surface area contributed by atoms with Crippen LogP contribution < -0.4 is 0 Å². The van der Waals surface area contributed by atoms with Crippen molar-refractivity contribution in [2.24, 2.45) is 0 Å². The first-order valence-electron chi connectivity index (χ1n) is 4.78. The van der Waals surface area contributed by atoms with Gasteiger partial charge in [-0.2, -0.15) is 0 Å². The molecule has 0 heterocycles. The Morgan fingerprint density at radius 1 is 1.23 bits per heavy atom. The van der Waals surface area contributed by atoms with E-state index in [4.69, 9.17) is 0 Å². The van der Waals surface area contributed by atoms with Crippen molar-refractivity contribution < 1.29 is 9.59 Å². The average Bonchev–Trinajstić information content (AvgIpc) is 2.04. The number of hydrogen-bond donors (Lipinski definition) is 0. The number of rotatable bonds is 7. The summed E-state index contributed by atoms with van der Waals surface area (Å²) in [6.07, 6.45) is 3.94. The van der Waals surface area contributed by atoms with E-state index in [1.54, 1.807) is 0 Å². The Kier molecular flexibility index (Phi) is 6.11. The van der Waals surface area contributed by atoms with Crippen molar-refractivity contribution in [3.63, 3.8) is 0 Å². The summed E-state index contributed by atoms with van der Waals surface area (Å²) in [5.74, 6) is 0.0532. The van der Waals surface area contributed by atoms with Gasteiger partial charge in [0.05, 0.1) is 0 Å². The summed E-state index contributed by atoms with van der Waals surface area (Å²) in [6.45, 7) is 7.09. The summed E-state index contributed by atoms with van der Waals surface area (Å²) in [7, 11) is 0. The molecule has 0 fully saturated rings. The second-order valence-electron chi connectivity index (χ2n) is 3.33. The van der Waals surface area contributed by atoms with Gasteiger partial charge in [-0.15, -0.1) is 0 Å². The molecule has 0 unspecified atom stereocenters. The minimum Gasteiger partial charge on any atom is -0.299 e. The molecule has 74 valence electrons. The molecule has 0 aromatic heterocycles. The van der Waals surface area contributed by atoms with Crippen LogP contribution in [0, 0.1) is 0 Å². The summed E-state index contributed by atoms with van der Waals surface area (Å²) in [4.78, 5) is 22.0. The van der Waals surface area contributed by atoms with Gasteiger partial charge in [0, 0.05) is 12.8 Å². The van der Waals surface area contributed by atoms with E-state index in [0.29, 0.717) is 12.0 Å². The highest BCUT2D eigenvalue weighted by molar-refractivity contribution is 5.98. The summed E-state index contributed by atoms with van der Waals surface area (Å²) in [6, 6.07) is 0. The molecule has 0 amide bonds. The largest absolute Gasteiger partial charge is 0.299 e. The van der Waals surface area contributed by atoms with Crippen molar-refractivity contribution in [1.82, 2.24) is 0 Å². The molecule has 0 N–H and O–H groups in total. The number of carbonyl (C=O) groups is 2. The Labute approximate surface area is 80.0 Å². The Morgan fingerprint density at radius 2 is 1.85 bits per heavy atom. The first-order chi connectivity index (χ1) is 6.07. The van der Waals surface area contributed by atoms with Crippen molar-refractivity contribution in [1.29, 1.82) is 0 Å². The van der Waals surface area contributed by atoms with Crippen molar-refractivity contribution in [2.45, 2.75) is 46.0 Å². The molecule has 0 aliphatic rings. The maximum atomic E-state index is 11.2. The van der Waals surface area contributed by atoms with Gasteiger partial charge in [-0.1, -0.05) is 26.3 Å². The monoisotopic (exact) mass is 182 g/mol. The maximum absolute atomic E-state index is 11.2. The normalized spacial score (nSPS) is 9.69. The van der Waals surface area contributed by atoms with Gasteiger partial charge in [-0.25, -0.2) is 0 Å². The Hall–Kier alpha value is -0.920. The third-order valence-corrected chi connectivity index (χ3v) is 1.97. The molecular weight excluding hydrogens is 164 g/mol. The third kappa shape index (κ3) is 6.26. The highest BCUT2D eigenvalue weighted by atomic mass is 16.1. The lowest BCUT2D eigenvalue weighted by atomic mass is 10.0. The summed E-state index contributed by atoms with van der Waals surface area (Å²) >= 11 is 0. The van der Waals surface area contributed by atoms with Crippen LogP contribution in [0.5, 0.6) is 0 Å². The molecule has 0 saturated heterocycles. The van der Waals surface area contributed by atoms with Gasteiger partial charge in [-0.05, 0) is 18.9 Å². The Morgan fingerprint density at radius 3 is 2.31 bits per heavy atom. The van der Waals surface area contributed by atoms with Gasteiger partial charge >= 0.3 is 0 Å². The number of unbranched alkanes of at least 4 members (excludes halogenated alkanes) is 2. The molecule has 0 radical (unpaired) electrons. The zero-order chi connectivity index (χ0) is 10.3. The zero-order valence-corrected chi connectivity index (χ0v) is 8.56. The molecule has 0 aromatic carbocycles. The molecule has 0 saturated carbocycles. The van der Waals surface area contributed by atoms with Crippen LogP contribution in [-0.4, -0.2) is 11.6 Å². The summed E-state index contributed by atoms with van der Waals surface area (Å²) < 4.78 is 0. The molecule has 2 heteroatoms. The fraction of sp³-hybridized carbons (Fsp3) is 0.636. The minimum atomic E-state index is -0.0798. The predicted octanol–water partition coefficient (Wildman–Crippen LogP) is 2.67. The smallest absolute Gasteiger partial charge is 0.155 e. The number of carbonyl (C=O) groups excluding carboxylic acids is 2. The molecule has 0 aromatic rings. The molecule has 0 aliphatic heterocycles.